The van der Waals surface area contributed by atoms with Gasteiger partial charge >= 0.3 is 0 Å². The first-order valence-corrected chi connectivity index (χ1v) is 7.76. The average Bonchev–Trinajstić information content (AvgIpc) is 3.00. The van der Waals surface area contributed by atoms with E-state index in [1.54, 1.807) is 0 Å². The topological polar surface area (TPSA) is 60.8 Å². The molecule has 3 atom stereocenters. The quantitative estimate of drug-likeness (QED) is 0.818. The van der Waals surface area contributed by atoms with Crippen molar-refractivity contribution >= 4 is 5.78 Å². The number of aromatic hydroxyl groups is 2. The largest absolute Gasteiger partial charge is 0.508 e. The van der Waals surface area contributed by atoms with Crippen LogP contribution in [0.2, 0.25) is 0 Å². The lowest BCUT2D eigenvalue weighted by Gasteiger charge is -2.26. The maximum Gasteiger partial charge on any atom is 0.180 e. The summed E-state index contributed by atoms with van der Waals surface area (Å²) in [7, 11) is 1.97. The summed E-state index contributed by atoms with van der Waals surface area (Å²) in [6, 6.07) is 4.13. The van der Waals surface area contributed by atoms with Crippen molar-refractivity contribution in [3.8, 4) is 11.5 Å². The predicted octanol–water partition coefficient (Wildman–Crippen LogP) is 2.65. The summed E-state index contributed by atoms with van der Waals surface area (Å²) in [6.45, 7) is 1.28. The van der Waals surface area contributed by atoms with Crippen molar-refractivity contribution in [1.29, 1.82) is 0 Å². The highest BCUT2D eigenvalue weighted by molar-refractivity contribution is 6.00. The van der Waals surface area contributed by atoms with E-state index in [9.17, 15) is 15.0 Å². The van der Waals surface area contributed by atoms with E-state index in [1.807, 2.05) is 7.05 Å². The molecule has 114 valence electrons. The Morgan fingerprint density at radius 3 is 2.71 bits per heavy atom. The van der Waals surface area contributed by atoms with Crippen LogP contribution >= 0.6 is 0 Å². The van der Waals surface area contributed by atoms with E-state index in [0.717, 1.165) is 24.3 Å². The molecule has 0 spiro atoms. The van der Waals surface area contributed by atoms with Gasteiger partial charge in [0.1, 0.15) is 11.5 Å². The summed E-state index contributed by atoms with van der Waals surface area (Å²) >= 11 is 0. The van der Waals surface area contributed by atoms with E-state index >= 15 is 0 Å². The summed E-state index contributed by atoms with van der Waals surface area (Å²) in [5.41, 5.74) is 0.285. The number of hydrogen-bond acceptors (Lipinski definition) is 4. The minimum Gasteiger partial charge on any atom is -0.508 e. The number of carbonyl (C=O) groups is 1. The fourth-order valence-corrected chi connectivity index (χ4v) is 4.15. The molecule has 0 saturated heterocycles. The fraction of sp³-hybridized carbons (Fsp3) is 0.588. The van der Waals surface area contributed by atoms with Gasteiger partial charge in [-0.2, -0.15) is 0 Å². The van der Waals surface area contributed by atoms with Gasteiger partial charge in [-0.3, -0.25) is 9.69 Å². The fourth-order valence-electron chi connectivity index (χ4n) is 4.15. The first-order valence-electron chi connectivity index (χ1n) is 7.76. The molecule has 4 nitrogen and oxygen atoms in total. The molecule has 0 heterocycles. The Hall–Kier alpha value is -1.55. The van der Waals surface area contributed by atoms with Crippen molar-refractivity contribution in [2.75, 3.05) is 20.1 Å². The number of ketones is 1. The van der Waals surface area contributed by atoms with Crippen molar-refractivity contribution in [3.63, 3.8) is 0 Å². The van der Waals surface area contributed by atoms with E-state index in [4.69, 9.17) is 0 Å². The number of nitrogens with zero attached hydrogens (tertiary/aromatic N) is 1. The summed E-state index contributed by atoms with van der Waals surface area (Å²) in [6.07, 6.45) is 5.44. The molecular weight excluding hydrogens is 266 g/mol. The van der Waals surface area contributed by atoms with Crippen LogP contribution in [0, 0.1) is 17.8 Å². The van der Waals surface area contributed by atoms with Crippen LogP contribution in [0.4, 0.5) is 0 Å². The van der Waals surface area contributed by atoms with Crippen LogP contribution in [0.15, 0.2) is 18.2 Å². The first kappa shape index (κ1) is 14.4. The van der Waals surface area contributed by atoms with Crippen LogP contribution in [0.5, 0.6) is 11.5 Å². The molecule has 3 rings (SSSR count). The Bertz CT molecular complexity index is 543. The number of hydrogen-bond donors (Lipinski definition) is 2. The molecule has 0 amide bonds. The maximum atomic E-state index is 12.2. The van der Waals surface area contributed by atoms with Gasteiger partial charge in [-0.1, -0.05) is 6.42 Å². The Balaban J connectivity index is 1.57. The second kappa shape index (κ2) is 5.68. The van der Waals surface area contributed by atoms with E-state index in [2.05, 4.69) is 4.90 Å². The molecule has 0 aliphatic heterocycles. The van der Waals surface area contributed by atoms with Crippen LogP contribution < -0.4 is 0 Å². The number of phenols is 2. The van der Waals surface area contributed by atoms with Gasteiger partial charge in [-0.25, -0.2) is 0 Å². The molecule has 2 N–H and O–H groups in total. The zero-order chi connectivity index (χ0) is 15.0. The van der Waals surface area contributed by atoms with Gasteiger partial charge in [0, 0.05) is 12.6 Å². The number of rotatable bonds is 5. The van der Waals surface area contributed by atoms with Crippen LogP contribution in [-0.4, -0.2) is 41.0 Å². The van der Waals surface area contributed by atoms with Gasteiger partial charge in [-0.05, 0) is 56.2 Å². The lowest BCUT2D eigenvalue weighted by molar-refractivity contribution is 0.0926. The molecule has 2 aliphatic rings. The maximum absolute atomic E-state index is 12.2. The monoisotopic (exact) mass is 289 g/mol. The van der Waals surface area contributed by atoms with Crippen molar-refractivity contribution in [2.24, 2.45) is 17.8 Å². The molecule has 21 heavy (non-hydrogen) atoms. The number of fused-ring (bicyclic) bond motifs is 2. The molecule has 2 fully saturated rings. The molecule has 4 heteroatoms. The average molecular weight is 289 g/mol. The Morgan fingerprint density at radius 1 is 1.29 bits per heavy atom. The van der Waals surface area contributed by atoms with E-state index in [0.29, 0.717) is 6.54 Å². The highest BCUT2D eigenvalue weighted by Gasteiger charge is 2.39. The summed E-state index contributed by atoms with van der Waals surface area (Å²) in [5, 5.41) is 19.0. The SMILES string of the molecule is CN(CC(=O)c1ccc(O)cc1O)CC1CC2CCC1C2. The molecule has 2 saturated carbocycles. The van der Waals surface area contributed by atoms with Crippen LogP contribution in [0.3, 0.4) is 0 Å². The van der Waals surface area contributed by atoms with Crippen LogP contribution in [-0.2, 0) is 0 Å². The highest BCUT2D eigenvalue weighted by atomic mass is 16.3. The zero-order valence-electron chi connectivity index (χ0n) is 12.5. The van der Waals surface area contributed by atoms with Crippen molar-refractivity contribution in [3.05, 3.63) is 23.8 Å². The number of benzene rings is 1. The number of carbonyl (C=O) groups excluding carboxylic acids is 1. The van der Waals surface area contributed by atoms with E-state index in [-0.39, 0.29) is 22.8 Å². The predicted molar refractivity (Wildman–Crippen MR) is 80.5 cm³/mol. The van der Waals surface area contributed by atoms with Gasteiger partial charge in [0.15, 0.2) is 5.78 Å². The summed E-state index contributed by atoms with van der Waals surface area (Å²) in [4.78, 5) is 14.3. The van der Waals surface area contributed by atoms with Gasteiger partial charge in [0.2, 0.25) is 0 Å². The molecule has 1 aromatic rings. The Morgan fingerprint density at radius 2 is 2.10 bits per heavy atom. The number of Topliss-reactive ketones (excluding diaryl/α,β-unsaturated/α-hetero) is 1. The van der Waals surface area contributed by atoms with Crippen molar-refractivity contribution in [2.45, 2.75) is 25.7 Å². The summed E-state index contributed by atoms with van der Waals surface area (Å²) in [5.74, 6) is 2.24. The smallest absolute Gasteiger partial charge is 0.180 e. The minimum atomic E-state index is -0.145. The summed E-state index contributed by atoms with van der Waals surface area (Å²) < 4.78 is 0. The standard InChI is InChI=1S/C17H23NO3/c1-18(9-13-7-11-2-3-12(13)6-11)10-17(21)15-5-4-14(19)8-16(15)20/h4-5,8,11-13,19-20H,2-3,6-7,9-10H2,1H3. The lowest BCUT2D eigenvalue weighted by atomic mass is 9.88. The van der Waals surface area contributed by atoms with Gasteiger partial charge in [0.05, 0.1) is 12.1 Å². The third kappa shape index (κ3) is 3.05. The van der Waals surface area contributed by atoms with Crippen LogP contribution in [0.25, 0.3) is 0 Å². The minimum absolute atomic E-state index is 0.0283. The van der Waals surface area contributed by atoms with Crippen molar-refractivity contribution in [1.82, 2.24) is 4.90 Å². The van der Waals surface area contributed by atoms with Gasteiger partial charge < -0.3 is 10.2 Å². The zero-order valence-corrected chi connectivity index (χ0v) is 12.5. The lowest BCUT2D eigenvalue weighted by Crippen LogP contribution is -2.32. The number of likely N-dealkylation sites (N-methyl/N-ethyl adjacent to an activating group) is 1. The third-order valence-corrected chi connectivity index (χ3v) is 5.13. The van der Waals surface area contributed by atoms with Gasteiger partial charge in [0.25, 0.3) is 0 Å². The highest BCUT2D eigenvalue weighted by Crippen LogP contribution is 2.48. The molecule has 0 radical (unpaired) electrons. The number of phenolic OH excluding ortho intramolecular Hbond substituents is 2. The molecule has 2 aliphatic carbocycles. The van der Waals surface area contributed by atoms with Crippen LogP contribution in [0.1, 0.15) is 36.0 Å². The van der Waals surface area contributed by atoms with E-state index in [1.165, 1.54) is 43.9 Å². The van der Waals surface area contributed by atoms with Crippen molar-refractivity contribution < 1.29 is 15.0 Å². The molecule has 3 unspecified atom stereocenters. The van der Waals surface area contributed by atoms with E-state index < -0.39 is 0 Å². The normalized spacial score (nSPS) is 27.4. The third-order valence-electron chi connectivity index (χ3n) is 5.13. The second-order valence-corrected chi connectivity index (χ2v) is 6.76. The van der Waals surface area contributed by atoms with Gasteiger partial charge in [-0.15, -0.1) is 0 Å². The Labute approximate surface area is 125 Å². The molecular formula is C17H23NO3. The second-order valence-electron chi connectivity index (χ2n) is 6.76. The molecule has 0 aromatic heterocycles. The first-order chi connectivity index (χ1) is 10.0. The molecule has 1 aromatic carbocycles. The molecule has 2 bridgehead atoms. The Kier molecular flexibility index (Phi) is 3.89.